The molecular weight excluding hydrogens is 302 g/mol. The summed E-state index contributed by atoms with van der Waals surface area (Å²) in [6.07, 6.45) is 2.96. The largest absolute Gasteiger partial charge is 0.376 e. The second kappa shape index (κ2) is 5.73. The molecule has 2 nitrogen and oxygen atoms in total. The molecule has 13 heavy (non-hydrogen) atoms. The van der Waals surface area contributed by atoms with E-state index >= 15 is 0 Å². The lowest BCUT2D eigenvalue weighted by atomic mass is 10.2. The van der Waals surface area contributed by atoms with E-state index in [0.717, 1.165) is 4.43 Å². The Kier molecular flexibility index (Phi) is 5.30. The molecule has 0 spiro atoms. The number of alkyl halides is 2. The van der Waals surface area contributed by atoms with Crippen LogP contribution in [0.2, 0.25) is 0 Å². The van der Waals surface area contributed by atoms with E-state index in [0.29, 0.717) is 25.2 Å². The van der Waals surface area contributed by atoms with E-state index < -0.39 is 0 Å². The van der Waals surface area contributed by atoms with Crippen molar-refractivity contribution in [2.24, 2.45) is 0 Å². The van der Waals surface area contributed by atoms with Gasteiger partial charge in [-0.25, -0.2) is 0 Å². The van der Waals surface area contributed by atoms with Crippen molar-refractivity contribution in [2.75, 3.05) is 23.5 Å². The first kappa shape index (κ1) is 12.0. The molecule has 0 saturated heterocycles. The van der Waals surface area contributed by atoms with Gasteiger partial charge in [0.05, 0.1) is 30.8 Å². The van der Waals surface area contributed by atoms with Crippen molar-refractivity contribution >= 4 is 34.2 Å². The highest BCUT2D eigenvalue weighted by molar-refractivity contribution is 14.1. The summed E-state index contributed by atoms with van der Waals surface area (Å²) in [5, 5.41) is 0. The monoisotopic (exact) mass is 318 g/mol. The third kappa shape index (κ3) is 4.81. The molecule has 1 aliphatic carbocycles. The van der Waals surface area contributed by atoms with Crippen LogP contribution >= 0.6 is 34.2 Å². The first-order chi connectivity index (χ1) is 6.20. The fourth-order valence-corrected chi connectivity index (χ4v) is 1.83. The van der Waals surface area contributed by atoms with Gasteiger partial charge in [0, 0.05) is 4.43 Å². The average molecular weight is 319 g/mol. The Bertz CT molecular complexity index is 147. The van der Waals surface area contributed by atoms with Crippen molar-refractivity contribution in [1.29, 1.82) is 0 Å². The highest BCUT2D eigenvalue weighted by Gasteiger charge is 2.24. The highest BCUT2D eigenvalue weighted by atomic mass is 127. The van der Waals surface area contributed by atoms with E-state index in [1.54, 1.807) is 0 Å². The van der Waals surface area contributed by atoms with Crippen molar-refractivity contribution < 1.29 is 9.47 Å². The van der Waals surface area contributed by atoms with Gasteiger partial charge in [0.15, 0.2) is 0 Å². The topological polar surface area (TPSA) is 18.5 Å². The second-order valence-electron chi connectivity index (χ2n) is 3.64. The maximum Gasteiger partial charge on any atom is 0.0879 e. The summed E-state index contributed by atoms with van der Waals surface area (Å²) in [7, 11) is 0. The van der Waals surface area contributed by atoms with Gasteiger partial charge in [0.1, 0.15) is 0 Å². The van der Waals surface area contributed by atoms with Crippen molar-refractivity contribution in [3.63, 3.8) is 0 Å². The average Bonchev–Trinajstić information content (AvgIpc) is 2.96. The third-order valence-electron chi connectivity index (χ3n) is 1.98. The Balaban J connectivity index is 2.01. The van der Waals surface area contributed by atoms with Gasteiger partial charge >= 0.3 is 0 Å². The maximum absolute atomic E-state index is 5.79. The van der Waals surface area contributed by atoms with Gasteiger partial charge in [0.2, 0.25) is 0 Å². The van der Waals surface area contributed by atoms with E-state index in [2.05, 4.69) is 22.6 Å². The van der Waals surface area contributed by atoms with Crippen LogP contribution in [0.4, 0.5) is 0 Å². The lowest BCUT2D eigenvalue weighted by molar-refractivity contribution is -0.0316. The molecular formula is C9H16ClIO2. The van der Waals surface area contributed by atoms with Crippen LogP contribution in [0.3, 0.4) is 0 Å². The lowest BCUT2D eigenvalue weighted by Crippen LogP contribution is -2.34. The normalized spacial score (nSPS) is 21.5. The highest BCUT2D eigenvalue weighted by Crippen LogP contribution is 2.23. The first-order valence-electron chi connectivity index (χ1n) is 4.58. The minimum atomic E-state index is -0.185. The number of hydrogen-bond donors (Lipinski definition) is 0. The molecule has 0 bridgehead atoms. The molecule has 0 heterocycles. The van der Waals surface area contributed by atoms with E-state index in [1.165, 1.54) is 12.8 Å². The van der Waals surface area contributed by atoms with Gasteiger partial charge in [-0.2, -0.15) is 0 Å². The second-order valence-corrected chi connectivity index (χ2v) is 4.67. The predicted molar refractivity (Wildman–Crippen MR) is 62.9 cm³/mol. The van der Waals surface area contributed by atoms with Gasteiger partial charge in [-0.3, -0.25) is 0 Å². The standard InChI is InChI=1S/C9H16ClIO2/c1-9(6-10,7-11)13-5-4-12-8-2-3-8/h8H,2-7H2,1H3. The smallest absolute Gasteiger partial charge is 0.0879 e. The summed E-state index contributed by atoms with van der Waals surface area (Å²) in [5.41, 5.74) is -0.185. The molecule has 0 N–H and O–H groups in total. The van der Waals surface area contributed by atoms with E-state index in [-0.39, 0.29) is 5.60 Å². The lowest BCUT2D eigenvalue weighted by Gasteiger charge is -2.25. The Morgan fingerprint density at radius 2 is 2.15 bits per heavy atom. The van der Waals surface area contributed by atoms with Crippen LogP contribution in [-0.4, -0.2) is 35.2 Å². The van der Waals surface area contributed by atoms with E-state index in [4.69, 9.17) is 21.1 Å². The van der Waals surface area contributed by atoms with Gasteiger partial charge in [0.25, 0.3) is 0 Å². The molecule has 1 saturated carbocycles. The number of halogens is 2. The van der Waals surface area contributed by atoms with Crippen LogP contribution in [0.25, 0.3) is 0 Å². The molecule has 4 heteroatoms. The Morgan fingerprint density at radius 1 is 1.46 bits per heavy atom. The predicted octanol–water partition coefficient (Wildman–Crippen LogP) is 2.61. The summed E-state index contributed by atoms with van der Waals surface area (Å²) < 4.78 is 12.0. The van der Waals surface area contributed by atoms with Crippen LogP contribution < -0.4 is 0 Å². The van der Waals surface area contributed by atoms with E-state index in [9.17, 15) is 0 Å². The molecule has 0 aromatic heterocycles. The molecule has 78 valence electrons. The molecule has 0 aromatic carbocycles. The van der Waals surface area contributed by atoms with Crippen molar-refractivity contribution in [3.8, 4) is 0 Å². The van der Waals surface area contributed by atoms with Crippen LogP contribution in [0.5, 0.6) is 0 Å². The molecule has 1 aliphatic rings. The SMILES string of the molecule is CC(CCl)(CI)OCCOC1CC1. The summed E-state index contributed by atoms with van der Waals surface area (Å²) in [6.45, 7) is 3.39. The zero-order valence-electron chi connectivity index (χ0n) is 7.89. The molecule has 1 unspecified atom stereocenters. The fraction of sp³-hybridized carbons (Fsp3) is 1.00. The Hall–Kier alpha value is 0.940. The maximum atomic E-state index is 5.79. The molecule has 1 atom stereocenters. The fourth-order valence-electron chi connectivity index (χ4n) is 0.850. The number of rotatable bonds is 7. The summed E-state index contributed by atoms with van der Waals surface area (Å²) in [5.74, 6) is 0.541. The summed E-state index contributed by atoms with van der Waals surface area (Å²) in [6, 6.07) is 0. The van der Waals surface area contributed by atoms with Gasteiger partial charge in [-0.1, -0.05) is 22.6 Å². The van der Waals surface area contributed by atoms with Crippen LogP contribution in [0.15, 0.2) is 0 Å². The minimum Gasteiger partial charge on any atom is -0.376 e. The van der Waals surface area contributed by atoms with Crippen molar-refractivity contribution in [1.82, 2.24) is 0 Å². The zero-order valence-corrected chi connectivity index (χ0v) is 10.8. The van der Waals surface area contributed by atoms with Gasteiger partial charge in [-0.15, -0.1) is 11.6 Å². The molecule has 1 fully saturated rings. The van der Waals surface area contributed by atoms with Crippen LogP contribution in [0.1, 0.15) is 19.8 Å². The third-order valence-corrected chi connectivity index (χ3v) is 4.16. The van der Waals surface area contributed by atoms with Crippen molar-refractivity contribution in [3.05, 3.63) is 0 Å². The van der Waals surface area contributed by atoms with Gasteiger partial charge < -0.3 is 9.47 Å². The molecule has 0 aliphatic heterocycles. The summed E-state index contributed by atoms with van der Waals surface area (Å²) >= 11 is 8.09. The molecule has 1 rings (SSSR count). The zero-order chi connectivity index (χ0) is 9.73. The molecule has 0 aromatic rings. The quantitative estimate of drug-likeness (QED) is 0.408. The number of hydrogen-bond acceptors (Lipinski definition) is 2. The molecule has 0 radical (unpaired) electrons. The Morgan fingerprint density at radius 3 is 2.62 bits per heavy atom. The first-order valence-corrected chi connectivity index (χ1v) is 6.64. The van der Waals surface area contributed by atoms with E-state index in [1.807, 2.05) is 6.92 Å². The van der Waals surface area contributed by atoms with Crippen LogP contribution in [0, 0.1) is 0 Å². The van der Waals surface area contributed by atoms with Gasteiger partial charge in [-0.05, 0) is 19.8 Å². The number of ether oxygens (including phenoxy) is 2. The molecule has 0 amide bonds. The summed E-state index contributed by atoms with van der Waals surface area (Å²) in [4.78, 5) is 0. The van der Waals surface area contributed by atoms with Crippen LogP contribution in [-0.2, 0) is 9.47 Å². The van der Waals surface area contributed by atoms with Crippen molar-refractivity contribution in [2.45, 2.75) is 31.5 Å². The minimum absolute atomic E-state index is 0.185. The Labute approximate surface area is 98.4 Å².